The Labute approximate surface area is 353 Å². The minimum atomic E-state index is -0.308. The molecule has 0 aliphatic carbocycles. The smallest absolute Gasteiger partial charge is 0.153 e. The Kier molecular flexibility index (Phi) is 9.39. The Morgan fingerprint density at radius 3 is 1.98 bits per heavy atom. The highest BCUT2D eigenvalue weighted by atomic mass is 16.3. The molecular weight excluding hydrogens is 735 g/mol. The maximum Gasteiger partial charge on any atom is 0.153 e. The fraction of sp³-hybridized carbons (Fsp3) is 0.200. The molecule has 0 saturated heterocycles. The molecule has 0 aliphatic heterocycles. The lowest BCUT2D eigenvalue weighted by Crippen LogP contribution is -2.17. The van der Waals surface area contributed by atoms with Crippen LogP contribution in [0.15, 0.2) is 144 Å². The minimum absolute atomic E-state index is 0.167. The lowest BCUT2D eigenvalue weighted by Gasteiger charge is -2.27. The molecular formula is C55H51N3O2. The maximum absolute atomic E-state index is 12.3. The van der Waals surface area contributed by atoms with Crippen molar-refractivity contribution < 1.29 is 9.52 Å². The predicted octanol–water partition coefficient (Wildman–Crippen LogP) is 14.7. The van der Waals surface area contributed by atoms with Crippen molar-refractivity contribution in [3.8, 4) is 67.7 Å². The van der Waals surface area contributed by atoms with E-state index in [0.717, 1.165) is 89.2 Å². The molecule has 3 heterocycles. The minimum Gasteiger partial charge on any atom is -0.507 e. The summed E-state index contributed by atoms with van der Waals surface area (Å²) in [7, 11) is 0. The van der Waals surface area contributed by atoms with Crippen molar-refractivity contribution in [2.24, 2.45) is 0 Å². The number of hydrogen-bond acceptors (Lipinski definition) is 4. The number of para-hydroxylation sites is 2. The second-order valence-corrected chi connectivity index (χ2v) is 18.2. The number of fused-ring (bicyclic) bond motifs is 2. The van der Waals surface area contributed by atoms with Crippen LogP contribution in [0.25, 0.3) is 83.9 Å². The largest absolute Gasteiger partial charge is 0.507 e. The lowest BCUT2D eigenvalue weighted by atomic mass is 9.79. The zero-order chi connectivity index (χ0) is 42.1. The molecule has 0 radical (unpaired) electrons. The Morgan fingerprint density at radius 2 is 1.25 bits per heavy atom. The molecule has 0 fully saturated rings. The molecule has 0 saturated carbocycles. The molecule has 1 N–H and O–H groups in total. The zero-order valence-electron chi connectivity index (χ0n) is 36.0. The molecule has 5 nitrogen and oxygen atoms in total. The van der Waals surface area contributed by atoms with E-state index in [9.17, 15) is 5.11 Å². The van der Waals surface area contributed by atoms with E-state index < -0.39 is 0 Å². The first kappa shape index (κ1) is 38.8. The zero-order valence-corrected chi connectivity index (χ0v) is 36.0. The van der Waals surface area contributed by atoms with E-state index >= 15 is 0 Å². The first-order chi connectivity index (χ1) is 28.7. The van der Waals surface area contributed by atoms with E-state index in [1.807, 2.05) is 12.3 Å². The summed E-state index contributed by atoms with van der Waals surface area (Å²) in [6, 6.07) is 46.7. The number of pyridine rings is 1. The number of phenolic OH excluding ortho intramolecular Hbond substituents is 1. The van der Waals surface area contributed by atoms with E-state index in [1.54, 1.807) is 0 Å². The van der Waals surface area contributed by atoms with Crippen LogP contribution in [-0.2, 0) is 10.8 Å². The maximum atomic E-state index is 12.3. The van der Waals surface area contributed by atoms with Crippen LogP contribution in [-0.4, -0.2) is 19.6 Å². The van der Waals surface area contributed by atoms with Crippen LogP contribution in [0.2, 0.25) is 0 Å². The highest BCUT2D eigenvalue weighted by Crippen LogP contribution is 2.45. The van der Waals surface area contributed by atoms with Gasteiger partial charge in [-0.05, 0) is 89.8 Å². The van der Waals surface area contributed by atoms with Gasteiger partial charge in [0.2, 0.25) is 0 Å². The highest BCUT2D eigenvalue weighted by Gasteiger charge is 2.29. The fourth-order valence-electron chi connectivity index (χ4n) is 8.64. The van der Waals surface area contributed by atoms with Crippen molar-refractivity contribution in [2.75, 3.05) is 0 Å². The predicted molar refractivity (Wildman–Crippen MR) is 249 cm³/mol. The molecule has 9 rings (SSSR count). The molecule has 0 amide bonds. The summed E-state index contributed by atoms with van der Waals surface area (Å²) in [6.07, 6.45) is 1.85. The van der Waals surface area contributed by atoms with Gasteiger partial charge >= 0.3 is 0 Å². The second kappa shape index (κ2) is 14.5. The van der Waals surface area contributed by atoms with Gasteiger partial charge in [-0.2, -0.15) is 0 Å². The van der Waals surface area contributed by atoms with Gasteiger partial charge in [0.15, 0.2) is 5.58 Å². The van der Waals surface area contributed by atoms with Crippen molar-refractivity contribution >= 4 is 22.0 Å². The summed E-state index contributed by atoms with van der Waals surface area (Å²) >= 11 is 0. The molecule has 5 heteroatoms. The van der Waals surface area contributed by atoms with Crippen LogP contribution in [0.1, 0.15) is 69.4 Å². The number of aromatic nitrogens is 3. The van der Waals surface area contributed by atoms with E-state index in [-0.39, 0.29) is 16.6 Å². The van der Waals surface area contributed by atoms with Crippen molar-refractivity contribution in [3.05, 3.63) is 167 Å². The second-order valence-electron chi connectivity index (χ2n) is 18.2. The van der Waals surface area contributed by atoms with Crippen molar-refractivity contribution in [3.63, 3.8) is 0 Å². The summed E-state index contributed by atoms with van der Waals surface area (Å²) in [5.41, 5.74) is 16.5. The molecule has 298 valence electrons. The van der Waals surface area contributed by atoms with Gasteiger partial charge in [-0.15, -0.1) is 0 Å². The van der Waals surface area contributed by atoms with Gasteiger partial charge in [-0.3, -0.25) is 9.55 Å². The molecule has 0 spiro atoms. The molecule has 9 aromatic rings. The molecule has 0 unspecified atom stereocenters. The Hall–Kier alpha value is -6.72. The van der Waals surface area contributed by atoms with Crippen LogP contribution in [0.4, 0.5) is 0 Å². The van der Waals surface area contributed by atoms with Gasteiger partial charge in [-0.1, -0.05) is 145 Å². The number of aromatic hydroxyl groups is 1. The summed E-state index contributed by atoms with van der Waals surface area (Å²) in [5.74, 6) is 1.84. The van der Waals surface area contributed by atoms with E-state index in [2.05, 4.69) is 194 Å². The van der Waals surface area contributed by atoms with E-state index in [1.165, 1.54) is 11.1 Å². The number of aryl methyl sites for hydroxylation is 3. The molecule has 6 aromatic carbocycles. The first-order valence-electron chi connectivity index (χ1n) is 20.8. The summed E-state index contributed by atoms with van der Waals surface area (Å²) in [6.45, 7) is 19.5. The molecule has 0 atom stereocenters. The third-order valence-corrected chi connectivity index (χ3v) is 11.9. The number of nitrogens with zero attached hydrogens (tertiary/aromatic N) is 3. The molecule has 60 heavy (non-hydrogen) atoms. The molecule has 3 aromatic heterocycles. The number of furan rings is 1. The van der Waals surface area contributed by atoms with Gasteiger partial charge in [0.25, 0.3) is 0 Å². The number of hydrogen-bond donors (Lipinski definition) is 1. The van der Waals surface area contributed by atoms with Crippen LogP contribution in [0.5, 0.6) is 5.75 Å². The highest BCUT2D eigenvalue weighted by molar-refractivity contribution is 5.98. The lowest BCUT2D eigenvalue weighted by molar-refractivity contribution is 0.446. The third kappa shape index (κ3) is 6.68. The fourth-order valence-corrected chi connectivity index (χ4v) is 8.64. The standard InChI is InChI=1S/C55H51N3O2/c1-33-18-15-19-34(2)49(33)52-35(3)42-31-45(56-32-48(42)60-52)38-23-16-22-37(28-38)41-25-17-27-47-50(41)57-53(43-29-39(54(4,5)6)30-44(51(43)59)55(7,8)9)58(47)46-26-14-13-24-40(46)36-20-11-10-12-21-36/h10-32,59H,1-9H3. The van der Waals surface area contributed by atoms with Crippen LogP contribution in [0, 0.1) is 20.8 Å². The van der Waals surface area contributed by atoms with Crippen molar-refractivity contribution in [2.45, 2.75) is 73.1 Å². The van der Waals surface area contributed by atoms with E-state index in [0.29, 0.717) is 11.4 Å². The van der Waals surface area contributed by atoms with Gasteiger partial charge in [0.1, 0.15) is 17.3 Å². The molecule has 0 bridgehead atoms. The Balaban J connectivity index is 1.26. The van der Waals surface area contributed by atoms with Crippen LogP contribution >= 0.6 is 0 Å². The SMILES string of the molecule is Cc1cccc(C)c1-c1oc2cnc(-c3cccc(-c4cccc5c4nc(-c4cc(C(C)(C)C)cc(C(C)(C)C)c4O)n5-c4ccccc4-c4ccccc4)c3)cc2c1C. The topological polar surface area (TPSA) is 64.1 Å². The van der Waals surface area contributed by atoms with E-state index in [4.69, 9.17) is 14.4 Å². The normalized spacial score (nSPS) is 12.2. The van der Waals surface area contributed by atoms with Gasteiger partial charge in [0.05, 0.1) is 34.2 Å². The summed E-state index contributed by atoms with van der Waals surface area (Å²) < 4.78 is 8.71. The average molecular weight is 786 g/mol. The number of benzene rings is 6. The van der Waals surface area contributed by atoms with Crippen LogP contribution < -0.4 is 0 Å². The Morgan fingerprint density at radius 1 is 0.600 bits per heavy atom. The summed E-state index contributed by atoms with van der Waals surface area (Å²) in [5, 5.41) is 13.4. The van der Waals surface area contributed by atoms with Gasteiger partial charge in [-0.25, -0.2) is 4.98 Å². The quantitative estimate of drug-likeness (QED) is 0.182. The first-order valence-corrected chi connectivity index (χ1v) is 20.8. The number of imidazole rings is 1. The molecule has 0 aliphatic rings. The van der Waals surface area contributed by atoms with Gasteiger partial charge < -0.3 is 9.52 Å². The number of rotatable bonds is 6. The number of phenols is 1. The van der Waals surface area contributed by atoms with Crippen LogP contribution in [0.3, 0.4) is 0 Å². The summed E-state index contributed by atoms with van der Waals surface area (Å²) in [4.78, 5) is 10.5. The monoisotopic (exact) mass is 785 g/mol. The average Bonchev–Trinajstić information content (AvgIpc) is 3.77. The van der Waals surface area contributed by atoms with Gasteiger partial charge in [0, 0.05) is 38.8 Å². The van der Waals surface area contributed by atoms with Crippen molar-refractivity contribution in [1.82, 2.24) is 14.5 Å². The Bertz CT molecular complexity index is 3080. The third-order valence-electron chi connectivity index (χ3n) is 11.9. The van der Waals surface area contributed by atoms with Crippen molar-refractivity contribution in [1.29, 1.82) is 0 Å².